The molecule has 1 heterocycles. The van der Waals surface area contributed by atoms with Crippen molar-refractivity contribution in [1.82, 2.24) is 4.98 Å². The van der Waals surface area contributed by atoms with E-state index in [0.717, 1.165) is 11.2 Å². The van der Waals surface area contributed by atoms with E-state index < -0.39 is 0 Å². The van der Waals surface area contributed by atoms with Crippen molar-refractivity contribution in [2.75, 3.05) is 0 Å². The summed E-state index contributed by atoms with van der Waals surface area (Å²) in [6.07, 6.45) is 3.92. The Labute approximate surface area is 107 Å². The second kappa shape index (κ2) is 3.33. The summed E-state index contributed by atoms with van der Waals surface area (Å²) in [5, 5.41) is 1.25. The lowest BCUT2D eigenvalue weighted by Gasteiger charge is -2.16. The highest BCUT2D eigenvalue weighted by Gasteiger charge is 2.65. The molecule has 1 aromatic heterocycles. The number of para-hydroxylation sites is 1. The van der Waals surface area contributed by atoms with Gasteiger partial charge in [-0.3, -0.25) is 4.98 Å². The lowest BCUT2D eigenvalue weighted by atomic mass is 9.99. The van der Waals surface area contributed by atoms with E-state index in [1.54, 1.807) is 0 Å². The fourth-order valence-electron chi connectivity index (χ4n) is 3.95. The number of pyridine rings is 1. The first-order valence-electron chi connectivity index (χ1n) is 6.87. The van der Waals surface area contributed by atoms with Crippen molar-refractivity contribution in [2.24, 2.45) is 17.6 Å². The molecule has 18 heavy (non-hydrogen) atoms. The number of rotatable bonds is 1. The first kappa shape index (κ1) is 10.5. The molecule has 2 aliphatic rings. The van der Waals surface area contributed by atoms with Gasteiger partial charge in [0.15, 0.2) is 0 Å². The van der Waals surface area contributed by atoms with E-state index in [-0.39, 0.29) is 5.54 Å². The molecule has 2 unspecified atom stereocenters. The number of nitrogens with two attached hydrogens (primary N) is 1. The van der Waals surface area contributed by atoms with Crippen LogP contribution in [0.2, 0.25) is 0 Å². The summed E-state index contributed by atoms with van der Waals surface area (Å²) in [5.74, 6) is 1.37. The third kappa shape index (κ3) is 1.19. The molecule has 0 saturated heterocycles. The van der Waals surface area contributed by atoms with Crippen LogP contribution in [0.4, 0.5) is 0 Å². The van der Waals surface area contributed by atoms with E-state index in [9.17, 15) is 0 Å². The van der Waals surface area contributed by atoms with Crippen LogP contribution in [0.3, 0.4) is 0 Å². The average molecular weight is 238 g/mol. The zero-order valence-electron chi connectivity index (χ0n) is 10.7. The van der Waals surface area contributed by atoms with Crippen LogP contribution in [0.5, 0.6) is 0 Å². The number of aryl methyl sites for hydroxylation is 1. The molecular formula is C16H18N2. The van der Waals surface area contributed by atoms with Gasteiger partial charge in [-0.2, -0.15) is 0 Å². The summed E-state index contributed by atoms with van der Waals surface area (Å²) in [7, 11) is 0. The molecule has 2 heteroatoms. The molecule has 0 aliphatic heterocycles. The summed E-state index contributed by atoms with van der Waals surface area (Å²) in [6, 6.07) is 10.6. The summed E-state index contributed by atoms with van der Waals surface area (Å²) >= 11 is 0. The van der Waals surface area contributed by atoms with Gasteiger partial charge in [0.2, 0.25) is 0 Å². The lowest BCUT2D eigenvalue weighted by molar-refractivity contribution is 0.515. The molecule has 0 radical (unpaired) electrons. The van der Waals surface area contributed by atoms with E-state index in [0.29, 0.717) is 11.8 Å². The maximum atomic E-state index is 6.61. The molecule has 1 aromatic carbocycles. The number of benzene rings is 1. The summed E-state index contributed by atoms with van der Waals surface area (Å²) in [5.41, 5.74) is 10.00. The molecule has 2 aliphatic carbocycles. The fraction of sp³-hybridized carbons (Fsp3) is 0.438. The molecule has 2 nitrogen and oxygen atoms in total. The third-order valence-electron chi connectivity index (χ3n) is 5.00. The number of nitrogens with zero attached hydrogens (tertiary/aromatic N) is 1. The predicted octanol–water partition coefficient (Wildman–Crippen LogP) is 3.13. The van der Waals surface area contributed by atoms with Crippen LogP contribution in [-0.4, -0.2) is 4.98 Å². The van der Waals surface area contributed by atoms with Crippen LogP contribution >= 0.6 is 0 Å². The zero-order valence-corrected chi connectivity index (χ0v) is 10.7. The van der Waals surface area contributed by atoms with Crippen molar-refractivity contribution in [3.63, 3.8) is 0 Å². The number of fused-ring (bicyclic) bond motifs is 2. The smallest absolute Gasteiger partial charge is 0.0708 e. The normalized spacial score (nSPS) is 33.7. The topological polar surface area (TPSA) is 38.9 Å². The van der Waals surface area contributed by atoms with E-state index >= 15 is 0 Å². The van der Waals surface area contributed by atoms with Crippen LogP contribution in [-0.2, 0) is 5.54 Å². The van der Waals surface area contributed by atoms with Gasteiger partial charge < -0.3 is 5.73 Å². The Morgan fingerprint density at radius 3 is 2.72 bits per heavy atom. The molecule has 2 fully saturated rings. The molecule has 4 rings (SSSR count). The summed E-state index contributed by atoms with van der Waals surface area (Å²) in [4.78, 5) is 4.83. The maximum absolute atomic E-state index is 6.61. The standard InChI is InChI=1S/C16H18N2/c1-10-9-15(16(17)12-6-4-7-13(12)16)18-14-8-3-2-5-11(10)14/h2-3,5,8-9,12-13H,4,6-7,17H2,1H3. The molecule has 2 saturated carbocycles. The molecule has 92 valence electrons. The van der Waals surface area contributed by atoms with Crippen LogP contribution < -0.4 is 5.73 Å². The minimum atomic E-state index is -0.118. The Kier molecular flexibility index (Phi) is 1.94. The highest BCUT2D eigenvalue weighted by Crippen LogP contribution is 2.64. The van der Waals surface area contributed by atoms with Gasteiger partial charge in [-0.15, -0.1) is 0 Å². The van der Waals surface area contributed by atoms with Crippen molar-refractivity contribution in [3.8, 4) is 0 Å². The van der Waals surface area contributed by atoms with Crippen molar-refractivity contribution in [3.05, 3.63) is 41.6 Å². The SMILES string of the molecule is Cc1cc(C2(N)C3CCCC32)nc2ccccc12. The van der Waals surface area contributed by atoms with Gasteiger partial charge in [0.05, 0.1) is 16.7 Å². The van der Waals surface area contributed by atoms with Gasteiger partial charge in [0.1, 0.15) is 0 Å². The molecule has 0 amide bonds. The minimum absolute atomic E-state index is 0.118. The van der Waals surface area contributed by atoms with E-state index in [1.165, 1.54) is 30.2 Å². The monoisotopic (exact) mass is 238 g/mol. The minimum Gasteiger partial charge on any atom is -0.320 e. The van der Waals surface area contributed by atoms with Crippen molar-refractivity contribution < 1.29 is 0 Å². The Balaban J connectivity index is 1.87. The van der Waals surface area contributed by atoms with Gasteiger partial charge in [-0.05, 0) is 49.3 Å². The van der Waals surface area contributed by atoms with Crippen LogP contribution in [0, 0.1) is 18.8 Å². The molecule has 2 N–H and O–H groups in total. The van der Waals surface area contributed by atoms with Crippen molar-refractivity contribution in [1.29, 1.82) is 0 Å². The largest absolute Gasteiger partial charge is 0.320 e. The summed E-state index contributed by atoms with van der Waals surface area (Å²) < 4.78 is 0. The first-order valence-corrected chi connectivity index (χ1v) is 6.87. The Morgan fingerprint density at radius 1 is 1.22 bits per heavy atom. The van der Waals surface area contributed by atoms with Crippen LogP contribution in [0.1, 0.15) is 30.5 Å². The van der Waals surface area contributed by atoms with Crippen molar-refractivity contribution in [2.45, 2.75) is 31.7 Å². The molecule has 2 aromatic rings. The quantitative estimate of drug-likeness (QED) is 0.829. The second-order valence-corrected chi connectivity index (χ2v) is 5.92. The van der Waals surface area contributed by atoms with Crippen LogP contribution in [0.15, 0.2) is 30.3 Å². The van der Waals surface area contributed by atoms with Crippen molar-refractivity contribution >= 4 is 10.9 Å². The van der Waals surface area contributed by atoms with Gasteiger partial charge in [-0.25, -0.2) is 0 Å². The first-order chi connectivity index (χ1) is 8.71. The Morgan fingerprint density at radius 2 is 1.94 bits per heavy atom. The summed E-state index contributed by atoms with van der Waals surface area (Å²) in [6.45, 7) is 2.16. The van der Waals surface area contributed by atoms with E-state index in [1.807, 2.05) is 0 Å². The van der Waals surface area contributed by atoms with E-state index in [4.69, 9.17) is 10.7 Å². The van der Waals surface area contributed by atoms with Gasteiger partial charge in [0.25, 0.3) is 0 Å². The number of hydrogen-bond donors (Lipinski definition) is 1. The highest BCUT2D eigenvalue weighted by molar-refractivity contribution is 5.82. The lowest BCUT2D eigenvalue weighted by Crippen LogP contribution is -2.27. The number of hydrogen-bond acceptors (Lipinski definition) is 2. The molecule has 0 spiro atoms. The third-order valence-corrected chi connectivity index (χ3v) is 5.00. The maximum Gasteiger partial charge on any atom is 0.0708 e. The van der Waals surface area contributed by atoms with Gasteiger partial charge in [0, 0.05) is 5.39 Å². The Hall–Kier alpha value is -1.41. The fourth-order valence-corrected chi connectivity index (χ4v) is 3.95. The molecule has 0 bridgehead atoms. The van der Waals surface area contributed by atoms with Crippen LogP contribution in [0.25, 0.3) is 10.9 Å². The van der Waals surface area contributed by atoms with Gasteiger partial charge >= 0.3 is 0 Å². The molecule has 2 atom stereocenters. The average Bonchev–Trinajstić information content (AvgIpc) is 2.79. The van der Waals surface area contributed by atoms with E-state index in [2.05, 4.69) is 37.3 Å². The predicted molar refractivity (Wildman–Crippen MR) is 73.2 cm³/mol. The van der Waals surface area contributed by atoms with Gasteiger partial charge in [-0.1, -0.05) is 24.6 Å². The Bertz CT molecular complexity index is 622. The molecular weight excluding hydrogens is 220 g/mol. The zero-order chi connectivity index (χ0) is 12.3. The highest BCUT2D eigenvalue weighted by atomic mass is 15.0. The number of aromatic nitrogens is 1. The second-order valence-electron chi connectivity index (χ2n) is 5.92.